The summed E-state index contributed by atoms with van der Waals surface area (Å²) in [5, 5.41) is 1.31. The molecule has 0 N–H and O–H groups in total. The lowest BCUT2D eigenvalue weighted by molar-refractivity contribution is 0.0980. The van der Waals surface area contributed by atoms with E-state index in [1.807, 2.05) is 25.1 Å². The Balaban J connectivity index is 0.00000306. The maximum absolute atomic E-state index is 13.6. The molecule has 4 rings (SSSR count). The van der Waals surface area contributed by atoms with E-state index in [9.17, 15) is 9.59 Å². The highest BCUT2D eigenvalue weighted by molar-refractivity contribution is 7.22. The van der Waals surface area contributed by atoms with Gasteiger partial charge in [-0.15, -0.1) is 12.4 Å². The highest BCUT2D eigenvalue weighted by Crippen LogP contribution is 2.32. The molecule has 2 aromatic carbocycles. The Labute approximate surface area is 203 Å². The zero-order valence-corrected chi connectivity index (χ0v) is 20.9. The molecule has 0 atom stereocenters. The maximum atomic E-state index is 13.6. The van der Waals surface area contributed by atoms with Crippen LogP contribution >= 0.6 is 23.7 Å². The molecular formula is C25H28ClN3O3S. The molecule has 174 valence electrons. The summed E-state index contributed by atoms with van der Waals surface area (Å²) in [4.78, 5) is 35.0. The van der Waals surface area contributed by atoms with Gasteiger partial charge in [0.2, 0.25) is 0 Å². The number of halogens is 1. The van der Waals surface area contributed by atoms with E-state index in [0.29, 0.717) is 23.8 Å². The van der Waals surface area contributed by atoms with E-state index in [0.717, 1.165) is 39.8 Å². The van der Waals surface area contributed by atoms with Crippen molar-refractivity contribution in [3.8, 4) is 0 Å². The molecule has 0 aliphatic carbocycles. The fraction of sp³-hybridized carbons (Fsp3) is 0.320. The number of nitrogens with zero attached hydrogens (tertiary/aromatic N) is 3. The lowest BCUT2D eigenvalue weighted by Gasteiger charge is -2.24. The number of likely N-dealkylation sites (N-methyl/N-ethyl adjacent to an activating group) is 1. The Bertz CT molecular complexity index is 1340. The zero-order valence-electron chi connectivity index (χ0n) is 19.3. The first-order valence-corrected chi connectivity index (χ1v) is 11.7. The van der Waals surface area contributed by atoms with Crippen molar-refractivity contribution < 1.29 is 9.21 Å². The van der Waals surface area contributed by atoms with Crippen molar-refractivity contribution in [1.82, 2.24) is 9.88 Å². The number of carbonyl (C=O) groups excluding carboxylic acids is 1. The van der Waals surface area contributed by atoms with Crippen molar-refractivity contribution in [3.05, 3.63) is 69.6 Å². The van der Waals surface area contributed by atoms with Crippen LogP contribution in [0.5, 0.6) is 0 Å². The lowest BCUT2D eigenvalue weighted by atomic mass is 10.1. The third kappa shape index (κ3) is 4.95. The average molecular weight is 486 g/mol. The van der Waals surface area contributed by atoms with Gasteiger partial charge in [-0.1, -0.05) is 49.4 Å². The zero-order chi connectivity index (χ0) is 22.8. The van der Waals surface area contributed by atoms with Crippen LogP contribution in [0.25, 0.3) is 21.2 Å². The number of hydrogen-bond acceptors (Lipinski definition) is 6. The highest BCUT2D eigenvalue weighted by atomic mass is 35.5. The van der Waals surface area contributed by atoms with Crippen LogP contribution in [-0.2, 0) is 0 Å². The molecule has 8 heteroatoms. The first kappa shape index (κ1) is 24.9. The summed E-state index contributed by atoms with van der Waals surface area (Å²) in [6.07, 6.45) is 0. The molecule has 0 fully saturated rings. The van der Waals surface area contributed by atoms with Crippen LogP contribution in [0.1, 0.15) is 35.3 Å². The molecule has 0 radical (unpaired) electrons. The van der Waals surface area contributed by atoms with Crippen LogP contribution in [0.2, 0.25) is 0 Å². The Kier molecular flexibility index (Phi) is 7.89. The van der Waals surface area contributed by atoms with Crippen molar-refractivity contribution in [1.29, 1.82) is 0 Å². The number of rotatable bonds is 7. The second kappa shape index (κ2) is 10.5. The van der Waals surface area contributed by atoms with Gasteiger partial charge in [0.1, 0.15) is 11.1 Å². The minimum Gasteiger partial charge on any atom is -0.422 e. The van der Waals surface area contributed by atoms with Crippen LogP contribution in [0, 0.1) is 13.8 Å². The molecule has 0 saturated carbocycles. The SMILES string of the molecule is CCN(CC)CCN(C(=O)c1cc2ccccc2oc1=O)c1nc2c(C)c(C)ccc2s1.Cl. The number of amides is 1. The van der Waals surface area contributed by atoms with Gasteiger partial charge in [-0.3, -0.25) is 9.69 Å². The molecule has 0 unspecified atom stereocenters. The molecule has 2 heterocycles. The van der Waals surface area contributed by atoms with Gasteiger partial charge in [0.15, 0.2) is 5.13 Å². The van der Waals surface area contributed by atoms with Gasteiger partial charge >= 0.3 is 5.63 Å². The topological polar surface area (TPSA) is 66.7 Å². The van der Waals surface area contributed by atoms with E-state index >= 15 is 0 Å². The van der Waals surface area contributed by atoms with Crippen LogP contribution in [0.4, 0.5) is 5.13 Å². The number of aromatic nitrogens is 1. The van der Waals surface area contributed by atoms with Crippen LogP contribution in [0.15, 0.2) is 51.7 Å². The average Bonchev–Trinajstić information content (AvgIpc) is 3.23. The number of hydrogen-bond donors (Lipinski definition) is 0. The quantitative estimate of drug-likeness (QED) is 0.326. The van der Waals surface area contributed by atoms with E-state index in [4.69, 9.17) is 9.40 Å². The largest absolute Gasteiger partial charge is 0.422 e. The summed E-state index contributed by atoms with van der Waals surface area (Å²) >= 11 is 1.47. The smallest absolute Gasteiger partial charge is 0.349 e. The number of para-hydroxylation sites is 1. The van der Waals surface area contributed by atoms with Crippen LogP contribution in [-0.4, -0.2) is 42.0 Å². The maximum Gasteiger partial charge on any atom is 0.349 e. The van der Waals surface area contributed by atoms with E-state index in [1.165, 1.54) is 11.3 Å². The van der Waals surface area contributed by atoms with Crippen LogP contribution in [0.3, 0.4) is 0 Å². The Morgan fingerprint density at radius 3 is 2.52 bits per heavy atom. The molecule has 0 aliphatic rings. The summed E-state index contributed by atoms with van der Waals surface area (Å²) in [5.41, 5.74) is 3.02. The predicted molar refractivity (Wildman–Crippen MR) is 138 cm³/mol. The fourth-order valence-electron chi connectivity index (χ4n) is 3.75. The summed E-state index contributed by atoms with van der Waals surface area (Å²) in [5.74, 6) is -0.384. The van der Waals surface area contributed by atoms with Gasteiger partial charge in [-0.05, 0) is 56.3 Å². The molecule has 33 heavy (non-hydrogen) atoms. The Hall–Kier alpha value is -2.74. The third-order valence-corrected chi connectivity index (χ3v) is 7.00. The number of thiazole rings is 1. The highest BCUT2D eigenvalue weighted by Gasteiger charge is 2.25. The van der Waals surface area contributed by atoms with Gasteiger partial charge in [0, 0.05) is 18.5 Å². The first-order chi connectivity index (χ1) is 15.4. The normalized spacial score (nSPS) is 11.2. The molecule has 0 saturated heterocycles. The minimum absolute atomic E-state index is 0. The number of anilines is 1. The molecule has 2 aromatic heterocycles. The number of carbonyl (C=O) groups is 1. The van der Waals surface area contributed by atoms with Gasteiger partial charge < -0.3 is 9.32 Å². The second-order valence-corrected chi connectivity index (χ2v) is 8.83. The van der Waals surface area contributed by atoms with E-state index in [2.05, 4.69) is 31.7 Å². The molecule has 0 aliphatic heterocycles. The van der Waals surface area contributed by atoms with Crippen molar-refractivity contribution in [2.45, 2.75) is 27.7 Å². The number of aryl methyl sites for hydroxylation is 2. The summed E-state index contributed by atoms with van der Waals surface area (Å²) < 4.78 is 6.45. The van der Waals surface area contributed by atoms with Gasteiger partial charge in [0.05, 0.1) is 10.2 Å². The van der Waals surface area contributed by atoms with Crippen molar-refractivity contribution >= 4 is 56.0 Å². The molecule has 0 bridgehead atoms. The molecular weight excluding hydrogens is 458 g/mol. The molecule has 6 nitrogen and oxygen atoms in total. The summed E-state index contributed by atoms with van der Waals surface area (Å²) in [6.45, 7) is 11.2. The third-order valence-electron chi connectivity index (χ3n) is 5.96. The number of benzene rings is 2. The first-order valence-electron chi connectivity index (χ1n) is 10.9. The Morgan fingerprint density at radius 2 is 1.79 bits per heavy atom. The summed E-state index contributed by atoms with van der Waals surface area (Å²) in [6, 6.07) is 12.9. The van der Waals surface area contributed by atoms with E-state index < -0.39 is 5.63 Å². The lowest BCUT2D eigenvalue weighted by Crippen LogP contribution is -2.40. The standard InChI is InChI=1S/C25H27N3O3S.ClH/c1-5-27(6-2)13-14-28(25-26-22-17(4)16(3)11-12-21(22)32-25)23(29)19-15-18-9-7-8-10-20(18)31-24(19)30;/h7-12,15H,5-6,13-14H2,1-4H3;1H. The second-order valence-electron chi connectivity index (χ2n) is 7.82. The van der Waals surface area contributed by atoms with Crippen molar-refractivity contribution in [2.24, 2.45) is 0 Å². The number of fused-ring (bicyclic) bond motifs is 2. The van der Waals surface area contributed by atoms with Crippen molar-refractivity contribution in [2.75, 3.05) is 31.1 Å². The monoisotopic (exact) mass is 485 g/mol. The Morgan fingerprint density at radius 1 is 1.06 bits per heavy atom. The van der Waals surface area contributed by atoms with E-state index in [1.54, 1.807) is 23.1 Å². The van der Waals surface area contributed by atoms with E-state index in [-0.39, 0.29) is 23.9 Å². The van der Waals surface area contributed by atoms with Crippen LogP contribution < -0.4 is 10.5 Å². The minimum atomic E-state index is -0.630. The van der Waals surface area contributed by atoms with Gasteiger partial charge in [-0.2, -0.15) is 0 Å². The molecule has 0 spiro atoms. The van der Waals surface area contributed by atoms with Crippen molar-refractivity contribution in [3.63, 3.8) is 0 Å². The summed E-state index contributed by atoms with van der Waals surface area (Å²) in [7, 11) is 0. The predicted octanol–water partition coefficient (Wildman–Crippen LogP) is 5.43. The molecule has 1 amide bonds. The van der Waals surface area contributed by atoms with Gasteiger partial charge in [-0.25, -0.2) is 9.78 Å². The van der Waals surface area contributed by atoms with Gasteiger partial charge in [0.25, 0.3) is 5.91 Å². The molecule has 4 aromatic rings. The fourth-order valence-corrected chi connectivity index (χ4v) is 4.80.